The number of nitrogens with zero attached hydrogens (tertiary/aromatic N) is 1. The Hall–Kier alpha value is -3.20. The van der Waals surface area contributed by atoms with E-state index in [1.165, 1.54) is 6.20 Å². The average Bonchev–Trinajstić information content (AvgIpc) is 3.08. The summed E-state index contributed by atoms with van der Waals surface area (Å²) >= 11 is 0. The third-order valence-corrected chi connectivity index (χ3v) is 4.60. The lowest BCUT2D eigenvalue weighted by Gasteiger charge is -2.28. The summed E-state index contributed by atoms with van der Waals surface area (Å²) in [6.45, 7) is 0. The highest BCUT2D eigenvalue weighted by molar-refractivity contribution is 6.01. The van der Waals surface area contributed by atoms with Gasteiger partial charge in [-0.3, -0.25) is 23.9 Å². The molecule has 9 nitrogen and oxygen atoms in total. The molecule has 0 saturated carbocycles. The van der Waals surface area contributed by atoms with Gasteiger partial charge in [0.15, 0.2) is 5.41 Å². The molecule has 0 unspecified atom stereocenters. The molecular weight excluding hydrogens is 356 g/mol. The van der Waals surface area contributed by atoms with Crippen LogP contribution in [0.25, 0.3) is 0 Å². The average molecular weight is 374 g/mol. The van der Waals surface area contributed by atoms with Crippen LogP contribution in [0, 0.1) is 5.41 Å². The molecule has 2 atom stereocenters. The molecule has 0 aliphatic carbocycles. The minimum atomic E-state index is -1.80. The molecule has 0 radical (unpaired) electrons. The molecule has 0 spiro atoms. The molecule has 1 aromatic carbocycles. The van der Waals surface area contributed by atoms with Crippen molar-refractivity contribution in [1.82, 2.24) is 9.55 Å². The monoisotopic (exact) mass is 374 g/mol. The standard InChI is InChI=1S/C18H18N2O7/c1-25-15(22)18(16(23)26-2)10-13(20-9-8-12(21)19-17(20)24)27-14(18)11-6-4-3-5-7-11/h3-9,13-14H,10H2,1-2H3,(H,19,21,24)/t13-,14-/m1/s1. The third kappa shape index (κ3) is 3.06. The summed E-state index contributed by atoms with van der Waals surface area (Å²) in [4.78, 5) is 51.0. The largest absolute Gasteiger partial charge is 0.468 e. The first-order valence-corrected chi connectivity index (χ1v) is 8.12. The molecule has 142 valence electrons. The lowest BCUT2D eigenvalue weighted by Crippen LogP contribution is -2.43. The molecule has 3 rings (SSSR count). The Balaban J connectivity index is 2.16. The Labute approximate surface area is 153 Å². The van der Waals surface area contributed by atoms with Crippen molar-refractivity contribution >= 4 is 11.9 Å². The van der Waals surface area contributed by atoms with E-state index in [0.717, 1.165) is 24.9 Å². The lowest BCUT2D eigenvalue weighted by atomic mass is 9.77. The van der Waals surface area contributed by atoms with Gasteiger partial charge in [-0.25, -0.2) is 4.79 Å². The van der Waals surface area contributed by atoms with Gasteiger partial charge in [0.1, 0.15) is 12.3 Å². The minimum Gasteiger partial charge on any atom is -0.468 e. The first kappa shape index (κ1) is 18.6. The van der Waals surface area contributed by atoms with Crippen LogP contribution >= 0.6 is 0 Å². The molecule has 1 N–H and O–H groups in total. The van der Waals surface area contributed by atoms with E-state index in [1.807, 2.05) is 0 Å². The van der Waals surface area contributed by atoms with Crippen molar-refractivity contribution in [3.63, 3.8) is 0 Å². The number of aromatic amines is 1. The van der Waals surface area contributed by atoms with Gasteiger partial charge >= 0.3 is 17.6 Å². The van der Waals surface area contributed by atoms with E-state index >= 15 is 0 Å². The number of ether oxygens (including phenoxy) is 3. The normalized spacial score (nSPS) is 20.8. The SMILES string of the molecule is COC(=O)C1(C(=O)OC)C[C@H](n2ccc(=O)[nH]c2=O)O[C@@H]1c1ccccc1. The molecule has 9 heteroatoms. The quantitative estimate of drug-likeness (QED) is 0.613. The number of rotatable bonds is 4. The van der Waals surface area contributed by atoms with Crippen molar-refractivity contribution in [3.05, 3.63) is 69.0 Å². The number of H-pyrrole nitrogens is 1. The molecule has 2 aromatic rings. The molecule has 0 bridgehead atoms. The van der Waals surface area contributed by atoms with Gasteiger partial charge in [-0.1, -0.05) is 30.3 Å². The summed E-state index contributed by atoms with van der Waals surface area (Å²) in [6.07, 6.45) is -0.976. The van der Waals surface area contributed by atoms with E-state index in [1.54, 1.807) is 30.3 Å². The van der Waals surface area contributed by atoms with Gasteiger partial charge in [-0.15, -0.1) is 0 Å². The lowest BCUT2D eigenvalue weighted by molar-refractivity contribution is -0.174. The highest BCUT2D eigenvalue weighted by Crippen LogP contribution is 2.52. The van der Waals surface area contributed by atoms with E-state index in [9.17, 15) is 19.2 Å². The van der Waals surface area contributed by atoms with Crippen LogP contribution in [0.5, 0.6) is 0 Å². The summed E-state index contributed by atoms with van der Waals surface area (Å²) in [5.41, 5.74) is -2.54. The van der Waals surface area contributed by atoms with Gasteiger partial charge in [0.25, 0.3) is 5.56 Å². The van der Waals surface area contributed by atoms with Crippen LogP contribution in [0.3, 0.4) is 0 Å². The summed E-state index contributed by atoms with van der Waals surface area (Å²) in [6, 6.07) is 9.79. The molecule has 1 aliphatic heterocycles. The number of esters is 2. The van der Waals surface area contributed by atoms with Gasteiger partial charge in [-0.2, -0.15) is 0 Å². The number of hydrogen-bond acceptors (Lipinski definition) is 7. The van der Waals surface area contributed by atoms with Crippen LogP contribution in [-0.4, -0.2) is 35.7 Å². The van der Waals surface area contributed by atoms with E-state index < -0.39 is 40.9 Å². The fourth-order valence-corrected chi connectivity index (χ4v) is 3.34. The Kier molecular flexibility index (Phi) is 4.95. The zero-order valence-corrected chi connectivity index (χ0v) is 14.7. The number of carbonyl (C=O) groups excluding carboxylic acids is 2. The number of nitrogens with one attached hydrogen (secondary N) is 1. The number of benzene rings is 1. The maximum atomic E-state index is 12.7. The second kappa shape index (κ2) is 7.20. The predicted octanol–water partition coefficient (Wildman–Crippen LogP) is 0.529. The fraction of sp³-hybridized carbons (Fsp3) is 0.333. The van der Waals surface area contributed by atoms with Gasteiger partial charge in [0.05, 0.1) is 14.2 Å². The Morgan fingerprint density at radius 2 is 1.74 bits per heavy atom. The van der Waals surface area contributed by atoms with Crippen molar-refractivity contribution in [2.45, 2.75) is 18.8 Å². The topological polar surface area (TPSA) is 117 Å². The van der Waals surface area contributed by atoms with Crippen molar-refractivity contribution < 1.29 is 23.8 Å². The van der Waals surface area contributed by atoms with E-state index in [4.69, 9.17) is 14.2 Å². The highest BCUT2D eigenvalue weighted by atomic mass is 16.6. The molecule has 0 amide bonds. The van der Waals surface area contributed by atoms with Crippen molar-refractivity contribution in [2.75, 3.05) is 14.2 Å². The Morgan fingerprint density at radius 3 is 2.30 bits per heavy atom. The second-order valence-electron chi connectivity index (χ2n) is 6.06. The van der Waals surface area contributed by atoms with Crippen molar-refractivity contribution in [1.29, 1.82) is 0 Å². The van der Waals surface area contributed by atoms with Crippen LogP contribution in [0.1, 0.15) is 24.3 Å². The number of methoxy groups -OCH3 is 2. The van der Waals surface area contributed by atoms with Crippen LogP contribution in [0.2, 0.25) is 0 Å². The molecule has 27 heavy (non-hydrogen) atoms. The van der Waals surface area contributed by atoms with E-state index in [-0.39, 0.29) is 6.42 Å². The van der Waals surface area contributed by atoms with Crippen LogP contribution in [0.15, 0.2) is 52.2 Å². The minimum absolute atomic E-state index is 0.197. The number of aromatic nitrogens is 2. The Bertz CT molecular complexity index is 947. The van der Waals surface area contributed by atoms with Gasteiger partial charge in [0, 0.05) is 18.7 Å². The second-order valence-corrected chi connectivity index (χ2v) is 6.06. The smallest absolute Gasteiger partial charge is 0.330 e. The summed E-state index contributed by atoms with van der Waals surface area (Å²) in [5.74, 6) is -1.66. The van der Waals surface area contributed by atoms with Crippen LogP contribution < -0.4 is 11.2 Å². The number of carbonyl (C=O) groups is 2. The van der Waals surface area contributed by atoms with Crippen molar-refractivity contribution in [3.8, 4) is 0 Å². The molecular formula is C18H18N2O7. The Morgan fingerprint density at radius 1 is 1.11 bits per heavy atom. The summed E-state index contributed by atoms with van der Waals surface area (Å²) < 4.78 is 16.8. The van der Waals surface area contributed by atoms with E-state index in [2.05, 4.69) is 4.98 Å². The summed E-state index contributed by atoms with van der Waals surface area (Å²) in [5, 5.41) is 0. The zero-order chi connectivity index (χ0) is 19.6. The van der Waals surface area contributed by atoms with E-state index in [0.29, 0.717) is 5.56 Å². The molecule has 1 saturated heterocycles. The molecule has 1 fully saturated rings. The fourth-order valence-electron chi connectivity index (χ4n) is 3.34. The third-order valence-electron chi connectivity index (χ3n) is 4.60. The first-order chi connectivity index (χ1) is 12.9. The highest BCUT2D eigenvalue weighted by Gasteiger charge is 2.62. The maximum absolute atomic E-state index is 12.7. The maximum Gasteiger partial charge on any atom is 0.330 e. The molecule has 1 aliphatic rings. The van der Waals surface area contributed by atoms with Gasteiger partial charge < -0.3 is 14.2 Å². The van der Waals surface area contributed by atoms with Gasteiger partial charge in [0.2, 0.25) is 0 Å². The van der Waals surface area contributed by atoms with Crippen molar-refractivity contribution in [2.24, 2.45) is 5.41 Å². The first-order valence-electron chi connectivity index (χ1n) is 8.12. The number of hydrogen-bond donors (Lipinski definition) is 1. The molecule has 1 aromatic heterocycles. The molecule has 2 heterocycles. The summed E-state index contributed by atoms with van der Waals surface area (Å²) in [7, 11) is 2.32. The zero-order valence-electron chi connectivity index (χ0n) is 14.7. The van der Waals surface area contributed by atoms with Gasteiger partial charge in [-0.05, 0) is 5.56 Å². The predicted molar refractivity (Wildman–Crippen MR) is 91.7 cm³/mol. The van der Waals surface area contributed by atoms with Crippen LogP contribution in [-0.2, 0) is 23.8 Å². The van der Waals surface area contributed by atoms with Crippen LogP contribution in [0.4, 0.5) is 0 Å².